The van der Waals surface area contributed by atoms with Crippen LogP contribution < -0.4 is 10.1 Å². The second-order valence-corrected chi connectivity index (χ2v) is 5.74. The molecule has 1 rings (SSSR count). The maximum absolute atomic E-state index is 11.3. The summed E-state index contributed by atoms with van der Waals surface area (Å²) in [6.45, 7) is 6.52. The predicted molar refractivity (Wildman–Crippen MR) is 72.0 cm³/mol. The fourth-order valence-electron chi connectivity index (χ4n) is 1.30. The molecule has 0 aliphatic rings. The molecular weight excluding hydrogens is 236 g/mol. The van der Waals surface area contributed by atoms with Gasteiger partial charge in [-0.05, 0) is 26.0 Å². The molecule has 0 aliphatic heterocycles. The summed E-state index contributed by atoms with van der Waals surface area (Å²) < 4.78 is 16.9. The van der Waals surface area contributed by atoms with Crippen molar-refractivity contribution < 1.29 is 8.95 Å². The lowest BCUT2D eigenvalue weighted by molar-refractivity contribution is 0.243. The minimum Gasteiger partial charge on any atom is -0.487 e. The van der Waals surface area contributed by atoms with Crippen molar-refractivity contribution in [3.8, 4) is 5.75 Å². The van der Waals surface area contributed by atoms with Gasteiger partial charge in [0.1, 0.15) is 0 Å². The lowest BCUT2D eigenvalue weighted by Crippen LogP contribution is -2.14. The van der Waals surface area contributed by atoms with Gasteiger partial charge in [0.05, 0.1) is 6.10 Å². The van der Waals surface area contributed by atoms with Crippen LogP contribution in [0.1, 0.15) is 20.8 Å². The van der Waals surface area contributed by atoms with Crippen LogP contribution in [0.4, 0.5) is 5.82 Å². The quantitative estimate of drug-likeness (QED) is 0.811. The van der Waals surface area contributed by atoms with Gasteiger partial charge >= 0.3 is 0 Å². The lowest BCUT2D eigenvalue weighted by Gasteiger charge is -2.14. The zero-order chi connectivity index (χ0) is 12.7. The molecule has 0 fully saturated rings. The number of hydrogen-bond acceptors (Lipinski definition) is 4. The normalized spacial score (nSPS) is 12.5. The Labute approximate surface area is 105 Å². The van der Waals surface area contributed by atoms with Crippen molar-refractivity contribution in [2.75, 3.05) is 23.4 Å². The van der Waals surface area contributed by atoms with E-state index in [-0.39, 0.29) is 6.10 Å². The zero-order valence-electron chi connectivity index (χ0n) is 10.6. The monoisotopic (exact) mass is 256 g/mol. The Bertz CT molecular complexity index is 369. The number of nitrogens with one attached hydrogen (secondary N) is 1. The Hall–Kier alpha value is -1.10. The third-order valence-corrected chi connectivity index (χ3v) is 3.38. The zero-order valence-corrected chi connectivity index (χ0v) is 11.4. The standard InChI is InChI=1S/C12H20N2O2S/c1-4-17(15)9-8-14-12-11(16-10(2)3)6-5-7-13-12/h5-7,10H,4,8-9H2,1-3H3,(H,13,14). The van der Waals surface area contributed by atoms with E-state index in [9.17, 15) is 4.21 Å². The molecule has 0 aliphatic carbocycles. The van der Waals surface area contributed by atoms with Gasteiger partial charge in [0.25, 0.3) is 0 Å². The highest BCUT2D eigenvalue weighted by molar-refractivity contribution is 7.84. The summed E-state index contributed by atoms with van der Waals surface area (Å²) in [5.74, 6) is 2.78. The number of hydrogen-bond donors (Lipinski definition) is 1. The van der Waals surface area contributed by atoms with Crippen LogP contribution in [0.3, 0.4) is 0 Å². The molecule has 0 aromatic carbocycles. The van der Waals surface area contributed by atoms with Crippen LogP contribution in [0.2, 0.25) is 0 Å². The topological polar surface area (TPSA) is 51.2 Å². The fraction of sp³-hybridized carbons (Fsp3) is 0.583. The van der Waals surface area contributed by atoms with E-state index in [0.717, 1.165) is 5.75 Å². The summed E-state index contributed by atoms with van der Waals surface area (Å²) in [5, 5.41) is 3.15. The van der Waals surface area contributed by atoms with Crippen molar-refractivity contribution in [3.63, 3.8) is 0 Å². The third kappa shape index (κ3) is 5.17. The Kier molecular flexibility index (Phi) is 5.97. The molecule has 4 nitrogen and oxygen atoms in total. The van der Waals surface area contributed by atoms with Gasteiger partial charge in [-0.2, -0.15) is 0 Å². The number of nitrogens with zero attached hydrogens (tertiary/aromatic N) is 1. The van der Waals surface area contributed by atoms with E-state index >= 15 is 0 Å². The lowest BCUT2D eigenvalue weighted by atomic mass is 10.4. The van der Waals surface area contributed by atoms with Gasteiger partial charge in [-0.15, -0.1) is 0 Å². The van der Waals surface area contributed by atoms with Gasteiger partial charge in [-0.1, -0.05) is 6.92 Å². The number of ether oxygens (including phenoxy) is 1. The number of pyridine rings is 1. The van der Waals surface area contributed by atoms with Crippen molar-refractivity contribution >= 4 is 16.6 Å². The molecule has 1 heterocycles. The van der Waals surface area contributed by atoms with Crippen LogP contribution in [0.25, 0.3) is 0 Å². The maximum atomic E-state index is 11.3. The summed E-state index contributed by atoms with van der Waals surface area (Å²) in [4.78, 5) is 4.22. The van der Waals surface area contributed by atoms with Crippen LogP contribution >= 0.6 is 0 Å². The van der Waals surface area contributed by atoms with Crippen LogP contribution in [0.5, 0.6) is 5.75 Å². The molecule has 96 valence electrons. The molecule has 17 heavy (non-hydrogen) atoms. The molecule has 0 spiro atoms. The molecule has 1 aromatic rings. The minimum atomic E-state index is -0.749. The first-order valence-corrected chi connectivity index (χ1v) is 7.32. The highest BCUT2D eigenvalue weighted by atomic mass is 32.2. The summed E-state index contributed by atoms with van der Waals surface area (Å²) in [5.41, 5.74) is 0. The maximum Gasteiger partial charge on any atom is 0.168 e. The van der Waals surface area contributed by atoms with E-state index < -0.39 is 10.8 Å². The molecule has 1 aromatic heterocycles. The first-order valence-electron chi connectivity index (χ1n) is 5.84. The van der Waals surface area contributed by atoms with Gasteiger partial charge < -0.3 is 10.1 Å². The second-order valence-electron chi connectivity index (χ2n) is 3.88. The van der Waals surface area contributed by atoms with E-state index in [4.69, 9.17) is 4.74 Å². The summed E-state index contributed by atoms with van der Waals surface area (Å²) in [6.07, 6.45) is 1.83. The Morgan fingerprint density at radius 2 is 2.29 bits per heavy atom. The van der Waals surface area contributed by atoms with E-state index in [1.54, 1.807) is 6.20 Å². The first-order chi connectivity index (χ1) is 8.13. The average Bonchev–Trinajstić information content (AvgIpc) is 2.30. The highest BCUT2D eigenvalue weighted by Gasteiger charge is 2.06. The van der Waals surface area contributed by atoms with Crippen LogP contribution in [-0.2, 0) is 10.8 Å². The van der Waals surface area contributed by atoms with Crippen molar-refractivity contribution in [3.05, 3.63) is 18.3 Å². The molecule has 1 unspecified atom stereocenters. The van der Waals surface area contributed by atoms with Crippen LogP contribution in [0, 0.1) is 0 Å². The second kappa shape index (κ2) is 7.27. The van der Waals surface area contributed by atoms with Gasteiger partial charge in [0.15, 0.2) is 11.6 Å². The van der Waals surface area contributed by atoms with Gasteiger partial charge in [0, 0.05) is 35.0 Å². The first kappa shape index (κ1) is 14.0. The molecule has 0 amide bonds. The molecule has 1 N–H and O–H groups in total. The van der Waals surface area contributed by atoms with Gasteiger partial charge in [0.2, 0.25) is 0 Å². The largest absolute Gasteiger partial charge is 0.487 e. The highest BCUT2D eigenvalue weighted by Crippen LogP contribution is 2.21. The van der Waals surface area contributed by atoms with Crippen molar-refractivity contribution in [2.45, 2.75) is 26.9 Å². The van der Waals surface area contributed by atoms with Gasteiger partial charge in [-0.3, -0.25) is 4.21 Å². The Balaban J connectivity index is 2.54. The third-order valence-electron chi connectivity index (χ3n) is 2.08. The average molecular weight is 256 g/mol. The molecule has 0 saturated heterocycles. The van der Waals surface area contributed by atoms with Crippen LogP contribution in [-0.4, -0.2) is 33.3 Å². The molecule has 0 saturated carbocycles. The van der Waals surface area contributed by atoms with E-state index in [2.05, 4.69) is 10.3 Å². The van der Waals surface area contributed by atoms with Crippen molar-refractivity contribution in [1.29, 1.82) is 0 Å². The molecule has 5 heteroatoms. The minimum absolute atomic E-state index is 0.115. The van der Waals surface area contributed by atoms with E-state index in [1.807, 2.05) is 32.9 Å². The van der Waals surface area contributed by atoms with Crippen molar-refractivity contribution in [2.24, 2.45) is 0 Å². The van der Waals surface area contributed by atoms with E-state index in [1.165, 1.54) is 0 Å². The smallest absolute Gasteiger partial charge is 0.168 e. The number of rotatable bonds is 7. The summed E-state index contributed by atoms with van der Waals surface area (Å²) in [6, 6.07) is 3.72. The molecular formula is C12H20N2O2S. The summed E-state index contributed by atoms with van der Waals surface area (Å²) >= 11 is 0. The SMILES string of the molecule is CCS(=O)CCNc1ncccc1OC(C)C. The Morgan fingerprint density at radius 3 is 2.94 bits per heavy atom. The number of aromatic nitrogens is 1. The fourth-order valence-corrected chi connectivity index (χ4v) is 1.92. The molecule has 1 atom stereocenters. The Morgan fingerprint density at radius 1 is 1.53 bits per heavy atom. The number of anilines is 1. The molecule has 0 radical (unpaired) electrons. The molecule has 0 bridgehead atoms. The predicted octanol–water partition coefficient (Wildman–Crippen LogP) is 2.05. The van der Waals surface area contributed by atoms with Gasteiger partial charge in [-0.25, -0.2) is 4.98 Å². The van der Waals surface area contributed by atoms with E-state index in [0.29, 0.717) is 23.9 Å². The summed E-state index contributed by atoms with van der Waals surface area (Å²) in [7, 11) is -0.749. The van der Waals surface area contributed by atoms with Crippen molar-refractivity contribution in [1.82, 2.24) is 4.98 Å². The van der Waals surface area contributed by atoms with Crippen LogP contribution in [0.15, 0.2) is 18.3 Å².